The van der Waals surface area contributed by atoms with Crippen LogP contribution in [0.15, 0.2) is 24.3 Å². The van der Waals surface area contributed by atoms with E-state index < -0.39 is 0 Å². The fraction of sp³-hybridized carbons (Fsp3) is 0.500. The third kappa shape index (κ3) is 2.88. The van der Waals surface area contributed by atoms with Gasteiger partial charge in [-0.25, -0.2) is 0 Å². The Bertz CT molecular complexity index is 412. The van der Waals surface area contributed by atoms with Gasteiger partial charge in [0.05, 0.1) is 23.8 Å². The quantitative estimate of drug-likeness (QED) is 0.805. The van der Waals surface area contributed by atoms with E-state index in [9.17, 15) is 0 Å². The fourth-order valence-electron chi connectivity index (χ4n) is 2.34. The number of nitriles is 1. The zero-order valence-corrected chi connectivity index (χ0v) is 10.8. The van der Waals surface area contributed by atoms with Crippen LogP contribution in [0.5, 0.6) is 0 Å². The van der Waals surface area contributed by atoms with Gasteiger partial charge in [-0.15, -0.1) is 0 Å². The van der Waals surface area contributed by atoms with Gasteiger partial charge in [0.15, 0.2) is 0 Å². The van der Waals surface area contributed by atoms with E-state index in [0.717, 1.165) is 19.6 Å². The highest BCUT2D eigenvalue weighted by molar-refractivity contribution is 5.31. The minimum atomic E-state index is 0.147. The van der Waals surface area contributed by atoms with Crippen LogP contribution in [0.2, 0.25) is 0 Å². The van der Waals surface area contributed by atoms with Crippen molar-refractivity contribution in [3.8, 4) is 6.07 Å². The molecule has 0 aliphatic carbocycles. The van der Waals surface area contributed by atoms with Crippen molar-refractivity contribution >= 4 is 0 Å². The average molecular weight is 246 g/mol. The molecule has 2 unspecified atom stereocenters. The van der Waals surface area contributed by atoms with Gasteiger partial charge in [-0.1, -0.05) is 12.1 Å². The number of ether oxygens (including phenoxy) is 2. The van der Waals surface area contributed by atoms with E-state index in [1.165, 1.54) is 5.56 Å². The van der Waals surface area contributed by atoms with E-state index in [4.69, 9.17) is 14.7 Å². The Kier molecular flexibility index (Phi) is 4.32. The molecule has 1 aliphatic heterocycles. The van der Waals surface area contributed by atoms with Crippen LogP contribution in [0, 0.1) is 11.3 Å². The lowest BCUT2D eigenvalue weighted by Crippen LogP contribution is -2.27. The van der Waals surface area contributed by atoms with E-state index in [1.807, 2.05) is 24.3 Å². The molecule has 0 spiro atoms. The molecule has 1 saturated heterocycles. The Hall–Kier alpha value is -1.41. The molecule has 0 saturated carbocycles. The molecule has 1 aliphatic rings. The second-order valence-electron chi connectivity index (χ2n) is 4.55. The molecular formula is C14H18N2O2. The molecule has 0 N–H and O–H groups in total. The van der Waals surface area contributed by atoms with Crippen LogP contribution in [0.1, 0.15) is 11.1 Å². The maximum Gasteiger partial charge on any atom is 0.0991 e. The molecule has 0 radical (unpaired) electrons. The standard InChI is InChI=1S/C14H18N2O2/c1-17-13-9-16(10-14(13)18-2)8-12-5-3-11(7-15)4-6-12/h3-6,13-14H,8-10H2,1-2H3. The van der Waals surface area contributed by atoms with E-state index >= 15 is 0 Å². The van der Waals surface area contributed by atoms with Gasteiger partial charge in [-0.3, -0.25) is 4.90 Å². The number of benzene rings is 1. The third-order valence-corrected chi connectivity index (χ3v) is 3.39. The van der Waals surface area contributed by atoms with Gasteiger partial charge in [0.1, 0.15) is 0 Å². The molecule has 4 heteroatoms. The molecule has 18 heavy (non-hydrogen) atoms. The van der Waals surface area contributed by atoms with Crippen LogP contribution in [-0.4, -0.2) is 44.4 Å². The molecular weight excluding hydrogens is 228 g/mol. The Morgan fingerprint density at radius 1 is 1.17 bits per heavy atom. The normalized spacial score (nSPS) is 24.1. The number of nitrogens with zero attached hydrogens (tertiary/aromatic N) is 2. The first-order valence-corrected chi connectivity index (χ1v) is 6.03. The van der Waals surface area contributed by atoms with Crippen LogP contribution in [0.4, 0.5) is 0 Å². The third-order valence-electron chi connectivity index (χ3n) is 3.39. The summed E-state index contributed by atoms with van der Waals surface area (Å²) in [6, 6.07) is 9.84. The summed E-state index contributed by atoms with van der Waals surface area (Å²) in [5.41, 5.74) is 1.91. The van der Waals surface area contributed by atoms with E-state index in [-0.39, 0.29) is 12.2 Å². The van der Waals surface area contributed by atoms with Crippen molar-refractivity contribution < 1.29 is 9.47 Å². The maximum absolute atomic E-state index is 8.75. The Labute approximate surface area is 108 Å². The molecule has 4 nitrogen and oxygen atoms in total. The average Bonchev–Trinajstić information content (AvgIpc) is 2.81. The number of rotatable bonds is 4. The summed E-state index contributed by atoms with van der Waals surface area (Å²) in [5, 5.41) is 8.75. The second-order valence-corrected chi connectivity index (χ2v) is 4.55. The van der Waals surface area contributed by atoms with Crippen molar-refractivity contribution in [2.75, 3.05) is 27.3 Å². The summed E-state index contributed by atoms with van der Waals surface area (Å²) < 4.78 is 10.8. The minimum Gasteiger partial charge on any atom is -0.377 e. The molecule has 1 fully saturated rings. The monoisotopic (exact) mass is 246 g/mol. The Balaban J connectivity index is 1.96. The van der Waals surface area contributed by atoms with Crippen molar-refractivity contribution in [2.24, 2.45) is 0 Å². The number of hydrogen-bond acceptors (Lipinski definition) is 4. The topological polar surface area (TPSA) is 45.5 Å². The molecule has 0 bridgehead atoms. The van der Waals surface area contributed by atoms with Gasteiger partial charge >= 0.3 is 0 Å². The molecule has 2 rings (SSSR count). The summed E-state index contributed by atoms with van der Waals surface area (Å²) in [6.45, 7) is 2.63. The SMILES string of the molecule is COC1CN(Cc2ccc(C#N)cc2)CC1OC. The summed E-state index contributed by atoms with van der Waals surface area (Å²) in [7, 11) is 3.45. The van der Waals surface area contributed by atoms with Gasteiger partial charge in [-0.2, -0.15) is 5.26 Å². The first-order chi connectivity index (χ1) is 8.76. The number of hydrogen-bond donors (Lipinski definition) is 0. The summed E-state index contributed by atoms with van der Waals surface area (Å²) in [5.74, 6) is 0. The van der Waals surface area contributed by atoms with E-state index in [2.05, 4.69) is 11.0 Å². The molecule has 1 heterocycles. The van der Waals surface area contributed by atoms with Crippen LogP contribution in [0.3, 0.4) is 0 Å². The van der Waals surface area contributed by atoms with Crippen molar-refractivity contribution in [1.29, 1.82) is 5.26 Å². The fourth-order valence-corrected chi connectivity index (χ4v) is 2.34. The number of methoxy groups -OCH3 is 2. The van der Waals surface area contributed by atoms with Gasteiger partial charge in [0.25, 0.3) is 0 Å². The lowest BCUT2D eigenvalue weighted by atomic mass is 10.1. The van der Waals surface area contributed by atoms with Gasteiger partial charge in [0.2, 0.25) is 0 Å². The van der Waals surface area contributed by atoms with E-state index in [1.54, 1.807) is 14.2 Å². The van der Waals surface area contributed by atoms with Gasteiger partial charge in [-0.05, 0) is 17.7 Å². The minimum absolute atomic E-state index is 0.147. The first-order valence-electron chi connectivity index (χ1n) is 6.03. The molecule has 0 amide bonds. The van der Waals surface area contributed by atoms with Crippen LogP contribution in [0.25, 0.3) is 0 Å². The predicted octanol–water partition coefficient (Wildman–Crippen LogP) is 1.40. The van der Waals surface area contributed by atoms with Crippen molar-refractivity contribution in [2.45, 2.75) is 18.8 Å². The maximum atomic E-state index is 8.75. The smallest absolute Gasteiger partial charge is 0.0991 e. The van der Waals surface area contributed by atoms with Crippen LogP contribution < -0.4 is 0 Å². The van der Waals surface area contributed by atoms with E-state index in [0.29, 0.717) is 5.56 Å². The summed E-state index contributed by atoms with van der Waals surface area (Å²) in [4.78, 5) is 2.31. The molecule has 1 aromatic carbocycles. The predicted molar refractivity (Wildman–Crippen MR) is 68.0 cm³/mol. The first kappa shape index (κ1) is 13.0. The molecule has 2 atom stereocenters. The highest BCUT2D eigenvalue weighted by Gasteiger charge is 2.32. The molecule has 1 aromatic rings. The highest BCUT2D eigenvalue weighted by Crippen LogP contribution is 2.18. The lowest BCUT2D eigenvalue weighted by molar-refractivity contribution is -0.00461. The largest absolute Gasteiger partial charge is 0.377 e. The molecule has 96 valence electrons. The van der Waals surface area contributed by atoms with Crippen molar-refractivity contribution in [3.63, 3.8) is 0 Å². The highest BCUT2D eigenvalue weighted by atomic mass is 16.5. The lowest BCUT2D eigenvalue weighted by Gasteiger charge is -2.14. The number of likely N-dealkylation sites (tertiary alicyclic amines) is 1. The van der Waals surface area contributed by atoms with Crippen molar-refractivity contribution in [1.82, 2.24) is 4.90 Å². The van der Waals surface area contributed by atoms with Crippen LogP contribution in [-0.2, 0) is 16.0 Å². The Morgan fingerprint density at radius 2 is 1.72 bits per heavy atom. The summed E-state index contributed by atoms with van der Waals surface area (Å²) >= 11 is 0. The zero-order valence-electron chi connectivity index (χ0n) is 10.8. The Morgan fingerprint density at radius 3 is 2.17 bits per heavy atom. The van der Waals surface area contributed by atoms with Crippen molar-refractivity contribution in [3.05, 3.63) is 35.4 Å². The zero-order chi connectivity index (χ0) is 13.0. The van der Waals surface area contributed by atoms with Crippen LogP contribution >= 0.6 is 0 Å². The summed E-state index contributed by atoms with van der Waals surface area (Å²) in [6.07, 6.45) is 0.293. The second kappa shape index (κ2) is 5.96. The molecule has 0 aromatic heterocycles. The van der Waals surface area contributed by atoms with Gasteiger partial charge < -0.3 is 9.47 Å². The van der Waals surface area contributed by atoms with Gasteiger partial charge in [0, 0.05) is 33.9 Å².